The first-order chi connectivity index (χ1) is 14.6. The first-order valence-electron chi connectivity index (χ1n) is 10.2. The van der Waals surface area contributed by atoms with Gasteiger partial charge in [-0.1, -0.05) is 25.4 Å². The number of aliphatic hydroxyl groups excluding tert-OH is 1. The molecule has 1 fully saturated rings. The van der Waals surface area contributed by atoms with Gasteiger partial charge in [-0.05, 0) is 24.8 Å². The van der Waals surface area contributed by atoms with Crippen LogP contribution in [0.25, 0.3) is 0 Å². The van der Waals surface area contributed by atoms with Crippen LogP contribution < -0.4 is 4.72 Å². The summed E-state index contributed by atoms with van der Waals surface area (Å²) in [5, 5.41) is 18.4. The van der Waals surface area contributed by atoms with Crippen molar-refractivity contribution in [3.63, 3.8) is 0 Å². The van der Waals surface area contributed by atoms with Crippen molar-refractivity contribution in [3.05, 3.63) is 29.1 Å². The molecule has 11 heteroatoms. The molecule has 1 aliphatic rings. The van der Waals surface area contributed by atoms with E-state index in [9.17, 15) is 0 Å². The molecule has 0 bridgehead atoms. The largest absolute Gasteiger partial charge is 0.394 e. The molecular weight excluding hydrogens is 428 g/mol. The van der Waals surface area contributed by atoms with Gasteiger partial charge in [0.2, 0.25) is 5.95 Å². The van der Waals surface area contributed by atoms with Crippen LogP contribution in [0.2, 0.25) is 5.02 Å². The summed E-state index contributed by atoms with van der Waals surface area (Å²) >= 11 is 7.47. The number of aliphatic hydroxyl groups is 1. The smallest absolute Gasteiger partial charge is 0.234 e. The molecule has 0 spiro atoms. The highest BCUT2D eigenvalue weighted by atomic mass is 35.5. The quantitative estimate of drug-likeness (QED) is 0.389. The summed E-state index contributed by atoms with van der Waals surface area (Å²) in [7, 11) is 0. The van der Waals surface area contributed by atoms with Crippen LogP contribution in [-0.2, 0) is 15.9 Å². The van der Waals surface area contributed by atoms with Gasteiger partial charge in [0.25, 0.3) is 0 Å². The normalized spacial score (nSPS) is 17.1. The van der Waals surface area contributed by atoms with Crippen LogP contribution in [0, 0.1) is 0 Å². The first kappa shape index (κ1) is 23.2. The second kappa shape index (κ2) is 11.8. The maximum Gasteiger partial charge on any atom is 0.234 e. The van der Waals surface area contributed by atoms with Crippen LogP contribution in [0.15, 0.2) is 12.4 Å². The van der Waals surface area contributed by atoms with Gasteiger partial charge in [-0.15, -0.1) is 10.2 Å². The average molecular weight is 457 g/mol. The van der Waals surface area contributed by atoms with Gasteiger partial charge < -0.3 is 14.6 Å². The van der Waals surface area contributed by atoms with Crippen molar-refractivity contribution in [3.8, 4) is 0 Å². The Morgan fingerprint density at radius 1 is 1.27 bits per heavy atom. The minimum Gasteiger partial charge on any atom is -0.394 e. The molecule has 1 aliphatic heterocycles. The van der Waals surface area contributed by atoms with E-state index in [1.807, 2.05) is 0 Å². The molecule has 0 aliphatic carbocycles. The van der Waals surface area contributed by atoms with Crippen molar-refractivity contribution >= 4 is 29.5 Å². The Bertz CT molecular complexity index is 772. The van der Waals surface area contributed by atoms with Crippen LogP contribution in [0.5, 0.6) is 0 Å². The van der Waals surface area contributed by atoms with Gasteiger partial charge in [0.05, 0.1) is 24.8 Å². The molecule has 3 rings (SSSR count). The van der Waals surface area contributed by atoms with Crippen molar-refractivity contribution in [1.29, 1.82) is 0 Å². The van der Waals surface area contributed by atoms with Crippen LogP contribution in [0.1, 0.15) is 50.3 Å². The van der Waals surface area contributed by atoms with E-state index in [4.69, 9.17) is 26.2 Å². The molecule has 2 unspecified atom stereocenters. The molecule has 9 nitrogen and oxygen atoms in total. The lowest BCUT2D eigenvalue weighted by atomic mass is 10.1. The first-order valence-corrected chi connectivity index (χ1v) is 11.4. The SMILES string of the molecule is CC(SNc1nnc(CCOCCO)n1C1CCOCC1)C(C)c1ncc(Cl)cn1. The third-order valence-corrected chi connectivity index (χ3v) is 6.39. The fourth-order valence-electron chi connectivity index (χ4n) is 3.24. The van der Waals surface area contributed by atoms with E-state index in [1.165, 1.54) is 0 Å². The Hall–Kier alpha value is -1.46. The summed E-state index contributed by atoms with van der Waals surface area (Å²) in [5.41, 5.74) is 0. The Kier molecular flexibility index (Phi) is 9.13. The predicted molar refractivity (Wildman–Crippen MR) is 117 cm³/mol. The maximum absolute atomic E-state index is 8.89. The van der Waals surface area contributed by atoms with Crippen LogP contribution in [0.3, 0.4) is 0 Å². The van der Waals surface area contributed by atoms with Gasteiger partial charge in [-0.3, -0.25) is 9.29 Å². The third-order valence-electron chi connectivity index (χ3n) is 5.12. The number of ether oxygens (including phenoxy) is 2. The van der Waals surface area contributed by atoms with Crippen molar-refractivity contribution in [2.75, 3.05) is 37.8 Å². The molecule has 3 heterocycles. The van der Waals surface area contributed by atoms with Crippen molar-refractivity contribution in [2.45, 2.75) is 50.3 Å². The molecule has 0 saturated carbocycles. The molecule has 2 N–H and O–H groups in total. The minimum atomic E-state index is 0.0174. The van der Waals surface area contributed by atoms with Gasteiger partial charge in [0.15, 0.2) is 0 Å². The topological polar surface area (TPSA) is 107 Å². The Balaban J connectivity index is 1.66. The van der Waals surface area contributed by atoms with Gasteiger partial charge in [0.1, 0.15) is 11.6 Å². The average Bonchev–Trinajstić information content (AvgIpc) is 3.18. The number of hydrogen-bond acceptors (Lipinski definition) is 9. The summed E-state index contributed by atoms with van der Waals surface area (Å²) in [6, 6.07) is 0.289. The van der Waals surface area contributed by atoms with Crippen molar-refractivity contribution in [1.82, 2.24) is 24.7 Å². The molecule has 166 valence electrons. The highest BCUT2D eigenvalue weighted by Crippen LogP contribution is 2.30. The molecule has 1 saturated heterocycles. The molecule has 30 heavy (non-hydrogen) atoms. The molecule has 0 amide bonds. The summed E-state index contributed by atoms with van der Waals surface area (Å²) in [4.78, 5) is 8.67. The molecule has 2 aromatic heterocycles. The van der Waals surface area contributed by atoms with E-state index in [0.29, 0.717) is 24.7 Å². The van der Waals surface area contributed by atoms with E-state index in [2.05, 4.69) is 43.3 Å². The zero-order chi connectivity index (χ0) is 21.3. The van der Waals surface area contributed by atoms with Crippen LogP contribution in [-0.4, -0.2) is 68.1 Å². The number of anilines is 1. The molecular formula is C19H29ClN6O3S. The van der Waals surface area contributed by atoms with Crippen LogP contribution in [0.4, 0.5) is 5.95 Å². The minimum absolute atomic E-state index is 0.0174. The highest BCUT2D eigenvalue weighted by molar-refractivity contribution is 8.01. The lowest BCUT2D eigenvalue weighted by Crippen LogP contribution is -2.23. The second-order valence-electron chi connectivity index (χ2n) is 7.21. The maximum atomic E-state index is 8.89. The second-order valence-corrected chi connectivity index (χ2v) is 8.83. The number of hydrogen-bond donors (Lipinski definition) is 2. The van der Waals surface area contributed by atoms with E-state index < -0.39 is 0 Å². The summed E-state index contributed by atoms with van der Waals surface area (Å²) in [5.74, 6) is 2.50. The number of nitrogens with one attached hydrogen (secondary N) is 1. The predicted octanol–water partition coefficient (Wildman–Crippen LogP) is 2.88. The molecule has 0 aromatic carbocycles. The van der Waals surface area contributed by atoms with E-state index in [-0.39, 0.29) is 23.8 Å². The summed E-state index contributed by atoms with van der Waals surface area (Å²) in [6.45, 7) is 6.53. The number of halogens is 1. The highest BCUT2D eigenvalue weighted by Gasteiger charge is 2.24. The van der Waals surface area contributed by atoms with Gasteiger partial charge >= 0.3 is 0 Å². The zero-order valence-corrected chi connectivity index (χ0v) is 18.9. The Labute approximate surface area is 186 Å². The number of aromatic nitrogens is 5. The van der Waals surface area contributed by atoms with E-state index in [0.717, 1.165) is 43.7 Å². The lowest BCUT2D eigenvalue weighted by molar-refractivity contribution is 0.0679. The zero-order valence-electron chi connectivity index (χ0n) is 17.3. The van der Waals surface area contributed by atoms with Crippen LogP contribution >= 0.6 is 23.5 Å². The van der Waals surface area contributed by atoms with Gasteiger partial charge in [-0.2, -0.15) is 0 Å². The standard InChI is InChI=1S/C19H29ClN6O3S/c1-13(18-21-11-15(20)12-22-18)14(2)30-25-19-24-23-17(5-9-29-10-6-27)26(19)16-3-7-28-8-4-16/h11-14,16,27H,3-10H2,1-2H3,(H,24,25). The van der Waals surface area contributed by atoms with Crippen molar-refractivity contribution < 1.29 is 14.6 Å². The number of nitrogens with zero attached hydrogens (tertiary/aromatic N) is 5. The monoisotopic (exact) mass is 456 g/mol. The summed E-state index contributed by atoms with van der Waals surface area (Å²) in [6.07, 6.45) is 5.73. The van der Waals surface area contributed by atoms with Gasteiger partial charge in [0, 0.05) is 49.2 Å². The van der Waals surface area contributed by atoms with Crippen molar-refractivity contribution in [2.24, 2.45) is 0 Å². The Morgan fingerprint density at radius 3 is 2.70 bits per heavy atom. The third kappa shape index (κ3) is 6.27. The van der Waals surface area contributed by atoms with E-state index in [1.54, 1.807) is 24.3 Å². The van der Waals surface area contributed by atoms with E-state index >= 15 is 0 Å². The summed E-state index contributed by atoms with van der Waals surface area (Å²) < 4.78 is 16.5. The fourth-order valence-corrected chi connectivity index (χ4v) is 4.09. The lowest BCUT2D eigenvalue weighted by Gasteiger charge is -2.26. The Morgan fingerprint density at radius 2 is 2.00 bits per heavy atom. The number of rotatable bonds is 11. The van der Waals surface area contributed by atoms with Gasteiger partial charge in [-0.25, -0.2) is 9.97 Å². The fraction of sp³-hybridized carbons (Fsp3) is 0.684. The molecule has 2 atom stereocenters. The molecule has 0 radical (unpaired) electrons. The molecule has 2 aromatic rings.